The first-order valence-corrected chi connectivity index (χ1v) is 15.4. The molecule has 1 aliphatic heterocycles. The highest BCUT2D eigenvalue weighted by molar-refractivity contribution is 7.89. The number of aromatic nitrogens is 3. The van der Waals surface area contributed by atoms with Crippen LogP contribution in [0.15, 0.2) is 21.4 Å². The minimum absolute atomic E-state index is 0.272. The van der Waals surface area contributed by atoms with E-state index in [1.54, 1.807) is 0 Å². The van der Waals surface area contributed by atoms with Gasteiger partial charge in [0.25, 0.3) is 24.1 Å². The molecule has 1 saturated heterocycles. The summed E-state index contributed by atoms with van der Waals surface area (Å²) in [6.45, 7) is 2.74. The minimum Gasteiger partial charge on any atom is -0.415 e. The summed E-state index contributed by atoms with van der Waals surface area (Å²) in [7, 11) is -5.36. The number of sulfonamides is 1. The van der Waals surface area contributed by atoms with Crippen molar-refractivity contribution in [2.75, 3.05) is 13.1 Å². The second kappa shape index (κ2) is 12.2. The highest BCUT2D eigenvalue weighted by Gasteiger charge is 2.43. The number of amides is 1. The molecule has 20 heteroatoms. The highest BCUT2D eigenvalue weighted by atomic mass is 32.2. The predicted octanol–water partition coefficient (Wildman–Crippen LogP) is 5.65. The van der Waals surface area contributed by atoms with Crippen LogP contribution >= 0.6 is 11.3 Å². The topological polar surface area (TPSA) is 139 Å². The second-order valence-corrected chi connectivity index (χ2v) is 13.3. The number of thiazole rings is 1. The molecule has 1 amide bonds. The van der Waals surface area contributed by atoms with Crippen LogP contribution in [0.3, 0.4) is 0 Å². The molecular weight excluding hydrogens is 666 g/mol. The lowest BCUT2D eigenvalue weighted by Gasteiger charge is -2.31. The minimum atomic E-state index is -5.36. The molecule has 1 unspecified atom stereocenters. The lowest BCUT2D eigenvalue weighted by molar-refractivity contribution is -0.151. The number of alkyl halides is 7. The maximum absolute atomic E-state index is 15.9. The molecule has 0 spiro atoms. The van der Waals surface area contributed by atoms with Crippen LogP contribution in [0.2, 0.25) is 0 Å². The third kappa shape index (κ3) is 7.28. The van der Waals surface area contributed by atoms with Crippen molar-refractivity contribution >= 4 is 27.3 Å². The SMILES string of the molecule is CCC(NS(=O)(=O)c1ccc(-c2sc(-c3nnc(C(C)(C)O)o3)nc2C(=O)N2CCC(F)(F)CC2)c(F)c1C(F)F)C(F)(F)F. The molecule has 1 aliphatic rings. The molecule has 0 bridgehead atoms. The van der Waals surface area contributed by atoms with Gasteiger partial charge in [0.15, 0.2) is 5.01 Å². The summed E-state index contributed by atoms with van der Waals surface area (Å²) in [5, 5.41) is 17.2. The lowest BCUT2D eigenvalue weighted by Crippen LogP contribution is -2.45. The number of piperidine rings is 1. The molecule has 248 valence electrons. The van der Waals surface area contributed by atoms with Crippen LogP contribution in [0, 0.1) is 5.82 Å². The number of nitrogens with zero attached hydrogens (tertiary/aromatic N) is 4. The quantitative estimate of drug-likeness (QED) is 0.275. The summed E-state index contributed by atoms with van der Waals surface area (Å²) in [5.74, 6) is -6.63. The third-order valence-corrected chi connectivity index (χ3v) is 9.34. The molecule has 1 fully saturated rings. The van der Waals surface area contributed by atoms with Gasteiger partial charge in [-0.25, -0.2) is 35.4 Å². The Morgan fingerprint density at radius 2 is 1.80 bits per heavy atom. The molecule has 45 heavy (non-hydrogen) atoms. The smallest absolute Gasteiger partial charge is 0.404 e. The Balaban J connectivity index is 1.87. The van der Waals surface area contributed by atoms with Gasteiger partial charge in [0.05, 0.1) is 15.3 Å². The van der Waals surface area contributed by atoms with Gasteiger partial charge < -0.3 is 14.4 Å². The number of likely N-dealkylation sites (tertiary alicyclic amines) is 1. The molecular formula is C25H25F8N5O5S2. The molecule has 0 saturated carbocycles. The molecule has 0 radical (unpaired) electrons. The van der Waals surface area contributed by atoms with E-state index in [1.807, 2.05) is 0 Å². The van der Waals surface area contributed by atoms with Crippen LogP contribution in [0.5, 0.6) is 0 Å². The van der Waals surface area contributed by atoms with Crippen LogP contribution < -0.4 is 4.72 Å². The standard InChI is InChI=1S/C25H25F8N5O5S2/c1-4-13(25(31,32)33)37-45(41,42)12-6-5-11(15(26)14(12)18(27)28)17-16(21(39)38-9-7-24(29,30)8-10-38)34-20(44-17)19-35-36-22(43-19)23(2,3)40/h5-6,13,18,37,40H,4,7-10H2,1-3H3. The van der Waals surface area contributed by atoms with Gasteiger partial charge in [-0.2, -0.15) is 17.9 Å². The molecule has 1 atom stereocenters. The maximum atomic E-state index is 15.9. The van der Waals surface area contributed by atoms with Gasteiger partial charge in [-0.15, -0.1) is 21.5 Å². The van der Waals surface area contributed by atoms with Gasteiger partial charge in [-0.1, -0.05) is 6.92 Å². The van der Waals surface area contributed by atoms with Crippen LogP contribution in [-0.4, -0.2) is 70.7 Å². The molecule has 2 N–H and O–H groups in total. The first kappa shape index (κ1) is 34.6. The van der Waals surface area contributed by atoms with E-state index in [-0.39, 0.29) is 10.9 Å². The third-order valence-electron chi connectivity index (χ3n) is 6.74. The number of nitrogens with one attached hydrogen (secondary N) is 1. The zero-order valence-corrected chi connectivity index (χ0v) is 25.2. The summed E-state index contributed by atoms with van der Waals surface area (Å²) >= 11 is 0.464. The van der Waals surface area contributed by atoms with Gasteiger partial charge in [0.2, 0.25) is 15.9 Å². The van der Waals surface area contributed by atoms with Gasteiger partial charge in [0.1, 0.15) is 23.2 Å². The first-order chi connectivity index (χ1) is 20.7. The second-order valence-electron chi connectivity index (χ2n) is 10.6. The van der Waals surface area contributed by atoms with E-state index in [9.17, 15) is 49.1 Å². The van der Waals surface area contributed by atoms with Gasteiger partial charge in [0, 0.05) is 31.5 Å². The summed E-state index contributed by atoms with van der Waals surface area (Å²) in [6, 6.07) is -1.54. The molecule has 3 heterocycles. The number of rotatable bonds is 9. The van der Waals surface area contributed by atoms with Crippen molar-refractivity contribution in [1.29, 1.82) is 0 Å². The summed E-state index contributed by atoms with van der Waals surface area (Å²) in [5.41, 5.74) is -4.80. The van der Waals surface area contributed by atoms with Crippen molar-refractivity contribution in [1.82, 2.24) is 24.8 Å². The number of benzene rings is 1. The largest absolute Gasteiger partial charge is 0.415 e. The van der Waals surface area contributed by atoms with E-state index in [0.29, 0.717) is 23.5 Å². The highest BCUT2D eigenvalue weighted by Crippen LogP contribution is 2.42. The predicted molar refractivity (Wildman–Crippen MR) is 142 cm³/mol. The van der Waals surface area contributed by atoms with Crippen LogP contribution in [0.25, 0.3) is 21.3 Å². The van der Waals surface area contributed by atoms with Gasteiger partial charge >= 0.3 is 6.18 Å². The number of carbonyl (C=O) groups excluding carboxylic acids is 1. The van der Waals surface area contributed by atoms with Crippen molar-refractivity contribution in [2.45, 2.75) is 75.1 Å². The molecule has 3 aromatic rings. The van der Waals surface area contributed by atoms with Gasteiger partial charge in [-0.3, -0.25) is 4.79 Å². The molecule has 4 rings (SSSR count). The summed E-state index contributed by atoms with van der Waals surface area (Å²) in [4.78, 5) is 16.6. The Morgan fingerprint density at radius 1 is 1.18 bits per heavy atom. The molecule has 0 aliphatic carbocycles. The number of hydrogen-bond acceptors (Lipinski definition) is 9. The Labute approximate surface area is 254 Å². The van der Waals surface area contributed by atoms with Crippen molar-refractivity contribution < 1.29 is 57.9 Å². The van der Waals surface area contributed by atoms with E-state index >= 15 is 4.39 Å². The van der Waals surface area contributed by atoms with E-state index in [1.165, 1.54) is 18.6 Å². The van der Waals surface area contributed by atoms with E-state index in [4.69, 9.17) is 4.42 Å². The monoisotopic (exact) mass is 691 g/mol. The Bertz CT molecular complexity index is 1680. The molecule has 1 aromatic carbocycles. The Hall–Kier alpha value is -3.23. The normalized spacial score (nSPS) is 16.8. The maximum Gasteiger partial charge on any atom is 0.404 e. The average molecular weight is 692 g/mol. The van der Waals surface area contributed by atoms with Crippen LogP contribution in [-0.2, 0) is 15.6 Å². The van der Waals surface area contributed by atoms with Gasteiger partial charge in [-0.05, 0) is 32.4 Å². The van der Waals surface area contributed by atoms with Crippen LogP contribution in [0.1, 0.15) is 68.4 Å². The summed E-state index contributed by atoms with van der Waals surface area (Å²) < 4.78 is 144. The average Bonchev–Trinajstić information content (AvgIpc) is 3.58. The lowest BCUT2D eigenvalue weighted by atomic mass is 10.0. The Kier molecular flexibility index (Phi) is 9.37. The Morgan fingerprint density at radius 3 is 2.31 bits per heavy atom. The zero-order chi connectivity index (χ0) is 33.7. The van der Waals surface area contributed by atoms with E-state index in [0.717, 1.165) is 11.8 Å². The van der Waals surface area contributed by atoms with Crippen molar-refractivity contribution in [3.05, 3.63) is 35.1 Å². The van der Waals surface area contributed by atoms with E-state index in [2.05, 4.69) is 15.2 Å². The van der Waals surface area contributed by atoms with Crippen molar-refractivity contribution in [2.24, 2.45) is 0 Å². The van der Waals surface area contributed by atoms with Crippen molar-refractivity contribution in [3.63, 3.8) is 0 Å². The number of halogens is 8. The summed E-state index contributed by atoms with van der Waals surface area (Å²) in [6.07, 6.45) is -11.1. The number of hydrogen-bond donors (Lipinski definition) is 2. The molecule has 2 aromatic heterocycles. The van der Waals surface area contributed by atoms with Crippen molar-refractivity contribution in [3.8, 4) is 21.3 Å². The fraction of sp³-hybridized carbons (Fsp3) is 0.520. The molecule has 10 nitrogen and oxygen atoms in total. The zero-order valence-electron chi connectivity index (χ0n) is 23.6. The number of carbonyl (C=O) groups is 1. The van der Waals surface area contributed by atoms with E-state index < -0.39 is 117 Å². The fourth-order valence-electron chi connectivity index (χ4n) is 4.30. The first-order valence-electron chi connectivity index (χ1n) is 13.1. The fourth-order valence-corrected chi connectivity index (χ4v) is 6.82. The van der Waals surface area contributed by atoms with Crippen LogP contribution in [0.4, 0.5) is 35.1 Å². The number of aliphatic hydroxyl groups is 1.